The second kappa shape index (κ2) is 5.15. The zero-order chi connectivity index (χ0) is 13.6. The monoisotopic (exact) mass is 349 g/mol. The topological polar surface area (TPSA) is 41.5 Å². The number of aliphatic hydroxyl groups is 1. The Labute approximate surface area is 129 Å². The lowest BCUT2D eigenvalue weighted by molar-refractivity contribution is -0.209. The average Bonchev–Trinajstić information content (AvgIpc) is 2.61. The summed E-state index contributed by atoms with van der Waals surface area (Å²) in [5.41, 5.74) is 2.85. The van der Waals surface area contributed by atoms with E-state index in [-0.39, 0.29) is 11.4 Å². The van der Waals surface area contributed by atoms with E-state index >= 15 is 0 Å². The van der Waals surface area contributed by atoms with Gasteiger partial charge >= 0.3 is 0 Å². The fraction of sp³-hybridized carbons (Fsp3) is 0.400. The molecule has 2 atom stereocenters. The molecule has 1 aromatic carbocycles. The van der Waals surface area contributed by atoms with Gasteiger partial charge in [-0.25, -0.2) is 0 Å². The molecule has 0 bridgehead atoms. The number of alkyl halides is 3. The molecule has 2 N–H and O–H groups in total. The van der Waals surface area contributed by atoms with Crippen molar-refractivity contribution >= 4 is 58.0 Å². The van der Waals surface area contributed by atoms with Gasteiger partial charge in [0.1, 0.15) is 0 Å². The van der Waals surface area contributed by atoms with Crippen LogP contribution in [0.2, 0.25) is 10.0 Å². The molecule has 0 amide bonds. The van der Waals surface area contributed by atoms with Gasteiger partial charge in [0.25, 0.3) is 0 Å². The molecule has 100 valence electrons. The van der Waals surface area contributed by atoms with E-state index in [0.717, 1.165) is 0 Å². The highest BCUT2D eigenvalue weighted by molar-refractivity contribution is 6.68. The molecule has 1 aliphatic heterocycles. The van der Waals surface area contributed by atoms with E-state index in [2.05, 4.69) is 5.48 Å². The molecular weight excluding hydrogens is 343 g/mol. The van der Waals surface area contributed by atoms with Crippen molar-refractivity contribution in [2.24, 2.45) is 0 Å². The van der Waals surface area contributed by atoms with Crippen LogP contribution in [0.4, 0.5) is 0 Å². The van der Waals surface area contributed by atoms with Gasteiger partial charge in [-0.15, -0.1) is 0 Å². The van der Waals surface area contributed by atoms with E-state index in [1.807, 2.05) is 0 Å². The number of hydrogen-bond donors (Lipinski definition) is 2. The van der Waals surface area contributed by atoms with Crippen molar-refractivity contribution in [3.63, 3.8) is 0 Å². The van der Waals surface area contributed by atoms with Crippen LogP contribution in [0.25, 0.3) is 0 Å². The molecular formula is C10H8Cl5NO2. The smallest absolute Gasteiger partial charge is 0.214 e. The SMILES string of the molecule is O[C@]1(c2ccc(Cl)cc2Cl)C[C@@H](C(Cl)(Cl)Cl)NO1. The Hall–Kier alpha value is 0.550. The minimum Gasteiger partial charge on any atom is -0.361 e. The van der Waals surface area contributed by atoms with Crippen molar-refractivity contribution < 1.29 is 9.94 Å². The summed E-state index contributed by atoms with van der Waals surface area (Å²) in [4.78, 5) is 5.11. The minimum absolute atomic E-state index is 0.0465. The van der Waals surface area contributed by atoms with Gasteiger partial charge in [-0.05, 0) is 12.1 Å². The number of benzene rings is 1. The highest BCUT2D eigenvalue weighted by atomic mass is 35.6. The molecule has 3 nitrogen and oxygen atoms in total. The third-order valence-electron chi connectivity index (χ3n) is 2.60. The molecule has 0 saturated carbocycles. The van der Waals surface area contributed by atoms with Crippen LogP contribution >= 0.6 is 58.0 Å². The molecule has 1 aliphatic rings. The van der Waals surface area contributed by atoms with Gasteiger partial charge < -0.3 is 5.11 Å². The quantitative estimate of drug-likeness (QED) is 0.756. The summed E-state index contributed by atoms with van der Waals surface area (Å²) in [6.45, 7) is 0. The van der Waals surface area contributed by atoms with Gasteiger partial charge in [-0.3, -0.25) is 4.84 Å². The molecule has 0 unspecified atom stereocenters. The van der Waals surface area contributed by atoms with Crippen LogP contribution in [-0.4, -0.2) is 14.9 Å². The predicted molar refractivity (Wildman–Crippen MR) is 73.3 cm³/mol. The third kappa shape index (κ3) is 3.00. The Kier molecular flexibility index (Phi) is 4.28. The number of rotatable bonds is 1. The maximum absolute atomic E-state index is 10.4. The first-order chi connectivity index (χ1) is 8.22. The van der Waals surface area contributed by atoms with Gasteiger partial charge in [0.05, 0.1) is 11.1 Å². The highest BCUT2D eigenvalue weighted by Crippen LogP contribution is 2.43. The summed E-state index contributed by atoms with van der Waals surface area (Å²) in [5, 5.41) is 11.1. The standard InChI is InChI=1S/C10H8Cl5NO2/c11-5-1-2-6(7(12)3-5)9(17)4-8(16-18-9)10(13,14)15/h1-3,8,16-17H,4H2/t8-,9+/m0/s1. The van der Waals surface area contributed by atoms with Crippen molar-refractivity contribution in [2.45, 2.75) is 22.0 Å². The summed E-state index contributed by atoms with van der Waals surface area (Å²) in [6.07, 6.45) is 0.0465. The highest BCUT2D eigenvalue weighted by Gasteiger charge is 2.49. The van der Waals surface area contributed by atoms with Gasteiger partial charge in [0.2, 0.25) is 9.58 Å². The summed E-state index contributed by atoms with van der Waals surface area (Å²) >= 11 is 29.0. The fourth-order valence-corrected chi connectivity index (χ4v) is 2.60. The minimum atomic E-state index is -1.66. The maximum Gasteiger partial charge on any atom is 0.214 e. The van der Waals surface area contributed by atoms with Gasteiger partial charge in [0, 0.05) is 17.0 Å². The average molecular weight is 351 g/mol. The van der Waals surface area contributed by atoms with E-state index in [9.17, 15) is 5.11 Å². The van der Waals surface area contributed by atoms with Crippen molar-refractivity contribution in [3.8, 4) is 0 Å². The van der Waals surface area contributed by atoms with Gasteiger partial charge in [0.15, 0.2) is 0 Å². The predicted octanol–water partition coefficient (Wildman–Crippen LogP) is 3.80. The van der Waals surface area contributed by atoms with Crippen LogP contribution in [0.1, 0.15) is 12.0 Å². The Balaban J connectivity index is 2.28. The van der Waals surface area contributed by atoms with E-state index in [4.69, 9.17) is 62.8 Å². The van der Waals surface area contributed by atoms with Crippen LogP contribution in [0.5, 0.6) is 0 Å². The largest absolute Gasteiger partial charge is 0.361 e. The first-order valence-corrected chi connectivity index (χ1v) is 6.79. The Morgan fingerprint density at radius 2 is 2.00 bits per heavy atom. The van der Waals surface area contributed by atoms with E-state index in [0.29, 0.717) is 10.6 Å². The summed E-state index contributed by atoms with van der Waals surface area (Å²) in [6, 6.07) is 4.00. The summed E-state index contributed by atoms with van der Waals surface area (Å²) in [5.74, 6) is -1.66. The van der Waals surface area contributed by atoms with Crippen LogP contribution in [0.15, 0.2) is 18.2 Å². The van der Waals surface area contributed by atoms with E-state index in [1.54, 1.807) is 12.1 Å². The molecule has 0 aliphatic carbocycles. The lowest BCUT2D eigenvalue weighted by Gasteiger charge is -2.22. The van der Waals surface area contributed by atoms with E-state index < -0.39 is 15.6 Å². The van der Waals surface area contributed by atoms with Crippen molar-refractivity contribution in [2.75, 3.05) is 0 Å². The van der Waals surface area contributed by atoms with E-state index in [1.165, 1.54) is 6.07 Å². The van der Waals surface area contributed by atoms with Crippen LogP contribution in [0.3, 0.4) is 0 Å². The molecule has 0 radical (unpaired) electrons. The number of hydrogen-bond acceptors (Lipinski definition) is 3. The first kappa shape index (κ1) is 14.9. The molecule has 0 aromatic heterocycles. The van der Waals surface area contributed by atoms with Gasteiger partial charge in [-0.1, -0.05) is 64.1 Å². The summed E-state index contributed by atoms with van der Waals surface area (Å²) < 4.78 is -1.59. The van der Waals surface area contributed by atoms with Crippen LogP contribution in [0, 0.1) is 0 Å². The normalized spacial score (nSPS) is 28.7. The van der Waals surface area contributed by atoms with Crippen molar-refractivity contribution in [1.29, 1.82) is 0 Å². The molecule has 0 spiro atoms. The van der Waals surface area contributed by atoms with Crippen molar-refractivity contribution in [1.82, 2.24) is 5.48 Å². The Morgan fingerprint density at radius 3 is 2.50 bits per heavy atom. The van der Waals surface area contributed by atoms with Crippen LogP contribution < -0.4 is 5.48 Å². The van der Waals surface area contributed by atoms with Crippen molar-refractivity contribution in [3.05, 3.63) is 33.8 Å². The Bertz CT molecular complexity index is 464. The zero-order valence-corrected chi connectivity index (χ0v) is 12.5. The second-order valence-electron chi connectivity index (χ2n) is 3.93. The molecule has 1 heterocycles. The maximum atomic E-state index is 10.4. The number of halogens is 5. The Morgan fingerprint density at radius 1 is 1.33 bits per heavy atom. The lowest BCUT2D eigenvalue weighted by Crippen LogP contribution is -2.33. The van der Waals surface area contributed by atoms with Crippen LogP contribution in [-0.2, 0) is 10.6 Å². The zero-order valence-electron chi connectivity index (χ0n) is 8.76. The number of hydroxylamine groups is 1. The van der Waals surface area contributed by atoms with Gasteiger partial charge in [-0.2, -0.15) is 5.48 Å². The molecule has 8 heteroatoms. The molecule has 18 heavy (non-hydrogen) atoms. The number of nitrogens with one attached hydrogen (secondary N) is 1. The fourth-order valence-electron chi connectivity index (χ4n) is 1.68. The molecule has 1 aromatic rings. The molecule has 1 fully saturated rings. The molecule has 1 saturated heterocycles. The third-order valence-corrected chi connectivity index (χ3v) is 3.94. The first-order valence-electron chi connectivity index (χ1n) is 4.90. The summed E-state index contributed by atoms with van der Waals surface area (Å²) in [7, 11) is 0. The second-order valence-corrected chi connectivity index (χ2v) is 7.14. The molecule has 2 rings (SSSR count). The lowest BCUT2D eigenvalue weighted by atomic mass is 10.00.